The topological polar surface area (TPSA) is 98.3 Å². The predicted molar refractivity (Wildman–Crippen MR) is 196 cm³/mol. The van der Waals surface area contributed by atoms with Gasteiger partial charge in [-0.1, -0.05) is 48.5 Å². The minimum atomic E-state index is 0.412. The number of anilines is 6. The molecule has 0 bridgehead atoms. The summed E-state index contributed by atoms with van der Waals surface area (Å²) in [5, 5.41) is 26.2. The third-order valence-corrected chi connectivity index (χ3v) is 10.4. The summed E-state index contributed by atoms with van der Waals surface area (Å²) in [4.78, 5) is 14.5. The lowest BCUT2D eigenvalue weighted by Gasteiger charge is -2.36. The third-order valence-electron chi connectivity index (χ3n) is 9.09. The van der Waals surface area contributed by atoms with E-state index in [0.29, 0.717) is 21.4 Å². The number of thioether (sulfide) groups is 2. The number of benzene rings is 6. The number of hydrogen-bond acceptors (Lipinski definition) is 10. The lowest BCUT2D eigenvalue weighted by atomic mass is 9.97. The Balaban J connectivity index is 1.33. The van der Waals surface area contributed by atoms with E-state index >= 15 is 0 Å². The number of fused-ring (bicyclic) bond motifs is 7. The molecule has 7 aromatic rings. The fourth-order valence-electron chi connectivity index (χ4n) is 7.15. The Hall–Kier alpha value is -6.46. The molecule has 10 heteroatoms. The Morgan fingerprint density at radius 3 is 1.16 bits per heavy atom. The number of rotatable bonds is 4. The standard InChI is InChI=1S/C40H20N6O2S2/c41-21-49-39-40(50-22-42)44-38-24-18-20-30(46-27-11-3-7-15-33(27)48-34-16-8-4-12-28(34)46)36-29(19-17-23(35(24)36)37(38)43-39)45-25-9-1-5-13-31(25)47-32-14-6-2-10-26(32)45/h1-20H. The molecule has 0 saturated heterocycles. The highest BCUT2D eigenvalue weighted by Crippen LogP contribution is 2.59. The van der Waals surface area contributed by atoms with Crippen LogP contribution < -0.4 is 19.3 Å². The highest BCUT2D eigenvalue weighted by molar-refractivity contribution is 8.06. The summed E-state index contributed by atoms with van der Waals surface area (Å²) in [7, 11) is 0. The molecule has 3 aliphatic rings. The van der Waals surface area contributed by atoms with Crippen LogP contribution >= 0.6 is 23.5 Å². The minimum Gasteiger partial charge on any atom is -0.453 e. The van der Waals surface area contributed by atoms with Gasteiger partial charge in [-0.15, -0.1) is 0 Å². The van der Waals surface area contributed by atoms with Gasteiger partial charge >= 0.3 is 0 Å². The summed E-state index contributed by atoms with van der Waals surface area (Å²) in [5.41, 5.74) is 8.69. The van der Waals surface area contributed by atoms with Crippen molar-refractivity contribution in [3.05, 3.63) is 121 Å². The van der Waals surface area contributed by atoms with E-state index in [-0.39, 0.29) is 0 Å². The van der Waals surface area contributed by atoms with Gasteiger partial charge in [-0.25, -0.2) is 9.97 Å². The summed E-state index contributed by atoms with van der Waals surface area (Å²) in [6.07, 6.45) is 0. The molecule has 0 amide bonds. The first-order chi connectivity index (χ1) is 24.7. The van der Waals surface area contributed by atoms with E-state index in [1.165, 1.54) is 0 Å². The average Bonchev–Trinajstić information content (AvgIpc) is 3.46. The Morgan fingerprint density at radius 2 is 0.800 bits per heavy atom. The molecule has 234 valence electrons. The fourth-order valence-corrected chi connectivity index (χ4v) is 8.12. The van der Waals surface area contributed by atoms with E-state index in [4.69, 9.17) is 19.4 Å². The van der Waals surface area contributed by atoms with Gasteiger partial charge in [-0.05, 0) is 72.8 Å². The van der Waals surface area contributed by atoms with Crippen LogP contribution in [0.5, 0.6) is 23.0 Å². The van der Waals surface area contributed by atoms with Crippen LogP contribution in [-0.4, -0.2) is 9.97 Å². The van der Waals surface area contributed by atoms with Gasteiger partial charge in [-0.2, -0.15) is 10.5 Å². The maximum absolute atomic E-state index is 9.59. The lowest BCUT2D eigenvalue weighted by Crippen LogP contribution is -2.19. The molecule has 1 aromatic heterocycles. The van der Waals surface area contributed by atoms with Gasteiger partial charge in [0.15, 0.2) is 23.0 Å². The lowest BCUT2D eigenvalue weighted by molar-refractivity contribution is 0.477. The summed E-state index contributed by atoms with van der Waals surface area (Å²) in [6.45, 7) is 0. The molecule has 0 fully saturated rings. The van der Waals surface area contributed by atoms with Crippen molar-refractivity contribution in [2.45, 2.75) is 10.1 Å². The van der Waals surface area contributed by atoms with Crippen molar-refractivity contribution >= 4 is 68.4 Å². The predicted octanol–water partition coefficient (Wildman–Crippen LogP) is 11.6. The van der Waals surface area contributed by atoms with Crippen molar-refractivity contribution in [3.63, 3.8) is 0 Å². The van der Waals surface area contributed by atoms with Gasteiger partial charge in [0.05, 0.1) is 45.5 Å². The Bertz CT molecular complexity index is 2410. The zero-order valence-corrected chi connectivity index (χ0v) is 27.5. The molecule has 0 atom stereocenters. The molecule has 0 spiro atoms. The Labute approximate surface area is 294 Å². The van der Waals surface area contributed by atoms with E-state index < -0.39 is 0 Å². The normalized spacial score (nSPS) is 12.8. The Morgan fingerprint density at radius 1 is 0.440 bits per heavy atom. The van der Waals surface area contributed by atoms with Crippen molar-refractivity contribution in [1.29, 1.82) is 10.5 Å². The maximum atomic E-state index is 9.59. The Kier molecular flexibility index (Phi) is 6.30. The molecule has 0 unspecified atom stereocenters. The minimum absolute atomic E-state index is 0.412. The molecule has 3 heterocycles. The molecule has 2 aliphatic heterocycles. The van der Waals surface area contributed by atoms with E-state index in [9.17, 15) is 10.5 Å². The van der Waals surface area contributed by atoms with Crippen LogP contribution in [0.25, 0.3) is 33.3 Å². The number of hydrogen-bond donors (Lipinski definition) is 0. The second kappa shape index (κ2) is 11.0. The summed E-state index contributed by atoms with van der Waals surface area (Å²) < 4.78 is 12.8. The van der Waals surface area contributed by atoms with Crippen LogP contribution in [0.4, 0.5) is 34.1 Å². The quantitative estimate of drug-likeness (QED) is 0.132. The van der Waals surface area contributed by atoms with Crippen molar-refractivity contribution in [3.8, 4) is 56.3 Å². The molecule has 10 rings (SSSR count). The molecule has 6 aromatic carbocycles. The van der Waals surface area contributed by atoms with Gasteiger partial charge in [0.2, 0.25) is 0 Å². The van der Waals surface area contributed by atoms with Crippen molar-refractivity contribution in [2.75, 3.05) is 9.80 Å². The molecule has 0 saturated carbocycles. The zero-order chi connectivity index (χ0) is 33.3. The van der Waals surface area contributed by atoms with Crippen LogP contribution in [0, 0.1) is 21.3 Å². The smallest absolute Gasteiger partial charge is 0.151 e. The van der Waals surface area contributed by atoms with Crippen LogP contribution in [0.1, 0.15) is 0 Å². The second-order valence-corrected chi connectivity index (χ2v) is 13.2. The number of nitrogens with zero attached hydrogens (tertiary/aromatic N) is 6. The van der Waals surface area contributed by atoms with Crippen molar-refractivity contribution < 1.29 is 9.47 Å². The molecule has 0 N–H and O–H groups in total. The van der Waals surface area contributed by atoms with E-state index in [1.54, 1.807) is 0 Å². The van der Waals surface area contributed by atoms with Gasteiger partial charge < -0.3 is 19.3 Å². The summed E-state index contributed by atoms with van der Waals surface area (Å²) in [5.74, 6) is 3.00. The fraction of sp³-hybridized carbons (Fsp3) is 0. The highest BCUT2D eigenvalue weighted by Gasteiger charge is 2.35. The first kappa shape index (κ1) is 28.5. The van der Waals surface area contributed by atoms with Crippen LogP contribution in [0.15, 0.2) is 131 Å². The van der Waals surface area contributed by atoms with Gasteiger partial charge in [0, 0.05) is 45.4 Å². The van der Waals surface area contributed by atoms with E-state index in [2.05, 4.69) is 69.1 Å². The SMILES string of the molecule is N#CSc1nc2c(nc1SC#N)-c1ccc(N3c4ccccc4Oc4ccccc43)c3c(N4c5ccccc5Oc5ccccc54)ccc-2c13. The molecule has 8 nitrogen and oxygen atoms in total. The third kappa shape index (κ3) is 4.07. The zero-order valence-electron chi connectivity index (χ0n) is 25.9. The van der Waals surface area contributed by atoms with Gasteiger partial charge in [0.1, 0.15) is 20.9 Å². The van der Waals surface area contributed by atoms with Gasteiger partial charge in [0.25, 0.3) is 0 Å². The molecular formula is C40H20N6O2S2. The maximum Gasteiger partial charge on any atom is 0.151 e. The molecule has 0 radical (unpaired) electrons. The number of para-hydroxylation sites is 8. The summed E-state index contributed by atoms with van der Waals surface area (Å²) in [6, 6.07) is 40.7. The summed E-state index contributed by atoms with van der Waals surface area (Å²) >= 11 is 1.83. The largest absolute Gasteiger partial charge is 0.453 e. The number of ether oxygens (including phenoxy) is 2. The number of nitriles is 2. The highest BCUT2D eigenvalue weighted by atomic mass is 32.2. The van der Waals surface area contributed by atoms with Crippen molar-refractivity contribution in [1.82, 2.24) is 9.97 Å². The number of aromatic nitrogens is 2. The van der Waals surface area contributed by atoms with Crippen molar-refractivity contribution in [2.24, 2.45) is 0 Å². The average molecular weight is 681 g/mol. The van der Waals surface area contributed by atoms with Gasteiger partial charge in [-0.3, -0.25) is 0 Å². The monoisotopic (exact) mass is 680 g/mol. The van der Waals surface area contributed by atoms with Crippen LogP contribution in [0.3, 0.4) is 0 Å². The van der Waals surface area contributed by atoms with Crippen LogP contribution in [-0.2, 0) is 0 Å². The second-order valence-electron chi connectivity index (χ2n) is 11.7. The first-order valence-electron chi connectivity index (χ1n) is 15.7. The number of thiocyanates is 2. The first-order valence-corrected chi connectivity index (χ1v) is 17.3. The molecule has 50 heavy (non-hydrogen) atoms. The van der Waals surface area contributed by atoms with E-state index in [0.717, 1.165) is 103 Å². The molecule has 1 aliphatic carbocycles. The van der Waals surface area contributed by atoms with Crippen LogP contribution in [0.2, 0.25) is 0 Å². The van der Waals surface area contributed by atoms with E-state index in [1.807, 2.05) is 72.8 Å². The molecular weight excluding hydrogens is 661 g/mol.